The molecule has 1 saturated heterocycles. The van der Waals surface area contributed by atoms with Crippen LogP contribution in [0, 0.1) is 17.0 Å². The number of piperidine rings is 1. The summed E-state index contributed by atoms with van der Waals surface area (Å²) in [5, 5.41) is 19.8. The van der Waals surface area contributed by atoms with E-state index >= 15 is 0 Å². The van der Waals surface area contributed by atoms with Crippen LogP contribution in [0.25, 0.3) is 0 Å². The second-order valence-electron chi connectivity index (χ2n) is 5.31. The standard InChI is InChI=1S/C13H21N5O3/c1-10-12(18(20)21)11(16-15-10)13(19)14-6-5-9-17-7-3-2-4-8-17/h2-9H2,1H3,(H,14,19)(H,15,16). The minimum absolute atomic E-state index is 0.143. The number of aryl methyl sites for hydroxylation is 1. The molecule has 2 heterocycles. The fraction of sp³-hybridized carbons (Fsp3) is 0.692. The molecule has 0 spiro atoms. The van der Waals surface area contributed by atoms with Crippen molar-refractivity contribution in [2.75, 3.05) is 26.2 Å². The second kappa shape index (κ2) is 7.16. The van der Waals surface area contributed by atoms with Gasteiger partial charge in [0.1, 0.15) is 5.69 Å². The summed E-state index contributed by atoms with van der Waals surface area (Å²) in [6.45, 7) is 5.22. The van der Waals surface area contributed by atoms with E-state index in [0.717, 1.165) is 26.1 Å². The topological polar surface area (TPSA) is 104 Å². The van der Waals surface area contributed by atoms with Gasteiger partial charge >= 0.3 is 5.69 Å². The van der Waals surface area contributed by atoms with E-state index in [1.807, 2.05) is 0 Å². The van der Waals surface area contributed by atoms with Gasteiger partial charge in [0, 0.05) is 6.54 Å². The van der Waals surface area contributed by atoms with Crippen LogP contribution >= 0.6 is 0 Å². The van der Waals surface area contributed by atoms with Crippen LogP contribution in [0.5, 0.6) is 0 Å². The van der Waals surface area contributed by atoms with Gasteiger partial charge in [-0.1, -0.05) is 6.42 Å². The van der Waals surface area contributed by atoms with Crippen LogP contribution in [-0.2, 0) is 0 Å². The number of aromatic nitrogens is 2. The molecule has 1 aliphatic heterocycles. The molecule has 8 nitrogen and oxygen atoms in total. The zero-order valence-electron chi connectivity index (χ0n) is 12.2. The lowest BCUT2D eigenvalue weighted by molar-refractivity contribution is -0.385. The molecule has 0 bridgehead atoms. The molecule has 0 atom stereocenters. The monoisotopic (exact) mass is 295 g/mol. The number of amides is 1. The first-order chi connectivity index (χ1) is 10.1. The van der Waals surface area contributed by atoms with Crippen molar-refractivity contribution in [3.05, 3.63) is 21.5 Å². The number of carbonyl (C=O) groups is 1. The van der Waals surface area contributed by atoms with Crippen molar-refractivity contribution in [1.82, 2.24) is 20.4 Å². The SMILES string of the molecule is Cc1[nH]nc(C(=O)NCCCN2CCCCC2)c1[N+](=O)[O-]. The van der Waals surface area contributed by atoms with E-state index in [9.17, 15) is 14.9 Å². The lowest BCUT2D eigenvalue weighted by Gasteiger charge is -2.26. The zero-order chi connectivity index (χ0) is 15.2. The van der Waals surface area contributed by atoms with Crippen molar-refractivity contribution in [2.24, 2.45) is 0 Å². The summed E-state index contributed by atoms with van der Waals surface area (Å²) in [7, 11) is 0. The third-order valence-corrected chi connectivity index (χ3v) is 3.70. The van der Waals surface area contributed by atoms with E-state index in [2.05, 4.69) is 20.4 Å². The summed E-state index contributed by atoms with van der Waals surface area (Å²) in [5.41, 5.74) is -0.0996. The maximum Gasteiger partial charge on any atom is 0.322 e. The van der Waals surface area contributed by atoms with Crippen molar-refractivity contribution in [3.63, 3.8) is 0 Å². The molecule has 1 aromatic heterocycles. The maximum atomic E-state index is 11.9. The molecule has 0 aliphatic carbocycles. The highest BCUT2D eigenvalue weighted by molar-refractivity contribution is 5.96. The van der Waals surface area contributed by atoms with Crippen molar-refractivity contribution in [1.29, 1.82) is 0 Å². The fourth-order valence-electron chi connectivity index (χ4n) is 2.58. The van der Waals surface area contributed by atoms with Gasteiger partial charge in [-0.3, -0.25) is 20.0 Å². The third kappa shape index (κ3) is 4.01. The van der Waals surface area contributed by atoms with Crippen molar-refractivity contribution in [2.45, 2.75) is 32.6 Å². The number of nitro groups is 1. The highest BCUT2D eigenvalue weighted by Crippen LogP contribution is 2.19. The number of hydrogen-bond acceptors (Lipinski definition) is 5. The predicted molar refractivity (Wildman–Crippen MR) is 77.2 cm³/mol. The van der Waals surface area contributed by atoms with Crippen molar-refractivity contribution in [3.8, 4) is 0 Å². The molecular weight excluding hydrogens is 274 g/mol. The molecule has 21 heavy (non-hydrogen) atoms. The van der Waals surface area contributed by atoms with Crippen LogP contribution < -0.4 is 5.32 Å². The van der Waals surface area contributed by atoms with E-state index in [-0.39, 0.29) is 11.4 Å². The number of likely N-dealkylation sites (tertiary alicyclic amines) is 1. The maximum absolute atomic E-state index is 11.9. The molecular formula is C13H21N5O3. The van der Waals surface area contributed by atoms with Crippen LogP contribution in [0.15, 0.2) is 0 Å². The van der Waals surface area contributed by atoms with Gasteiger partial charge in [-0.2, -0.15) is 5.10 Å². The summed E-state index contributed by atoms with van der Waals surface area (Å²) in [6.07, 6.45) is 4.62. The van der Waals surface area contributed by atoms with E-state index in [4.69, 9.17) is 0 Å². The Kier molecular flexibility index (Phi) is 5.26. The highest BCUT2D eigenvalue weighted by atomic mass is 16.6. The molecule has 1 aromatic rings. The number of nitrogens with one attached hydrogen (secondary N) is 2. The molecule has 0 aromatic carbocycles. The Labute approximate surface area is 123 Å². The molecule has 1 fully saturated rings. The molecule has 0 saturated carbocycles. The smallest absolute Gasteiger partial charge is 0.322 e. The van der Waals surface area contributed by atoms with Crippen LogP contribution in [0.2, 0.25) is 0 Å². The Morgan fingerprint density at radius 2 is 2.14 bits per heavy atom. The van der Waals surface area contributed by atoms with E-state index in [0.29, 0.717) is 12.2 Å². The molecule has 8 heteroatoms. The molecule has 0 radical (unpaired) electrons. The van der Waals surface area contributed by atoms with E-state index in [1.165, 1.54) is 26.2 Å². The summed E-state index contributed by atoms with van der Waals surface area (Å²) in [4.78, 5) is 24.6. The third-order valence-electron chi connectivity index (χ3n) is 3.70. The van der Waals surface area contributed by atoms with Gasteiger partial charge in [-0.15, -0.1) is 0 Å². The molecule has 2 rings (SSSR count). The van der Waals surface area contributed by atoms with Crippen molar-refractivity contribution < 1.29 is 9.72 Å². The van der Waals surface area contributed by atoms with Gasteiger partial charge < -0.3 is 10.2 Å². The number of H-pyrrole nitrogens is 1. The number of rotatable bonds is 6. The second-order valence-corrected chi connectivity index (χ2v) is 5.31. The first-order valence-electron chi connectivity index (χ1n) is 7.29. The first-order valence-corrected chi connectivity index (χ1v) is 7.29. The molecule has 1 aliphatic rings. The number of nitrogens with zero attached hydrogens (tertiary/aromatic N) is 3. The largest absolute Gasteiger partial charge is 0.350 e. The Balaban J connectivity index is 1.78. The minimum atomic E-state index is -0.582. The van der Waals surface area contributed by atoms with Crippen molar-refractivity contribution >= 4 is 11.6 Å². The summed E-state index contributed by atoms with van der Waals surface area (Å²) < 4.78 is 0. The minimum Gasteiger partial charge on any atom is -0.350 e. The molecule has 0 unspecified atom stereocenters. The normalized spacial score (nSPS) is 15.9. The van der Waals surface area contributed by atoms with E-state index < -0.39 is 10.8 Å². The average molecular weight is 295 g/mol. The van der Waals surface area contributed by atoms with Crippen LogP contribution in [0.1, 0.15) is 41.9 Å². The van der Waals surface area contributed by atoms with E-state index in [1.54, 1.807) is 0 Å². The summed E-state index contributed by atoms with van der Waals surface area (Å²) in [5.74, 6) is -0.496. The quantitative estimate of drug-likeness (QED) is 0.466. The highest BCUT2D eigenvalue weighted by Gasteiger charge is 2.26. The number of carbonyl (C=O) groups excluding carboxylic acids is 1. The Hall–Kier alpha value is -1.96. The summed E-state index contributed by atoms with van der Waals surface area (Å²) in [6, 6.07) is 0. The molecule has 1 amide bonds. The molecule has 2 N–H and O–H groups in total. The van der Waals surface area contributed by atoms with Crippen LogP contribution in [0.3, 0.4) is 0 Å². The van der Waals surface area contributed by atoms with Crippen LogP contribution in [0.4, 0.5) is 5.69 Å². The first kappa shape index (κ1) is 15.4. The zero-order valence-corrected chi connectivity index (χ0v) is 12.2. The van der Waals surface area contributed by atoms with Gasteiger partial charge in [0.15, 0.2) is 0 Å². The Morgan fingerprint density at radius 1 is 1.43 bits per heavy atom. The average Bonchev–Trinajstić information content (AvgIpc) is 2.86. The van der Waals surface area contributed by atoms with Gasteiger partial charge in [0.05, 0.1) is 4.92 Å². The van der Waals surface area contributed by atoms with Crippen LogP contribution in [-0.4, -0.2) is 52.1 Å². The fourth-order valence-corrected chi connectivity index (χ4v) is 2.58. The number of hydrogen-bond donors (Lipinski definition) is 2. The van der Waals surface area contributed by atoms with Gasteiger partial charge in [0.2, 0.25) is 5.69 Å². The molecule has 116 valence electrons. The lowest BCUT2D eigenvalue weighted by Crippen LogP contribution is -2.33. The predicted octanol–water partition coefficient (Wildman–Crippen LogP) is 1.23. The van der Waals surface area contributed by atoms with Gasteiger partial charge in [0.25, 0.3) is 5.91 Å². The Morgan fingerprint density at radius 3 is 2.81 bits per heavy atom. The van der Waals surface area contributed by atoms with Gasteiger partial charge in [-0.25, -0.2) is 0 Å². The Bertz CT molecular complexity index is 508. The number of aromatic amines is 1. The summed E-state index contributed by atoms with van der Waals surface area (Å²) >= 11 is 0. The van der Waals surface area contributed by atoms with Gasteiger partial charge in [-0.05, 0) is 45.8 Å². The lowest BCUT2D eigenvalue weighted by atomic mass is 10.1.